The molecule has 28 heavy (non-hydrogen) atoms. The summed E-state index contributed by atoms with van der Waals surface area (Å²) in [6, 6.07) is 5.54. The SMILES string of the molecule is C[C@@H]1CCc2ncnc(N3CCN(C(=O)C(N)Cc4ccc(F)cc4)CC3)c21. The number of anilines is 1. The fourth-order valence-electron chi connectivity index (χ4n) is 4.21. The second-order valence-corrected chi connectivity index (χ2v) is 7.75. The molecule has 1 fully saturated rings. The number of halogens is 1. The molecule has 2 heterocycles. The number of aryl methyl sites for hydroxylation is 1. The Hall–Kier alpha value is -2.54. The molecule has 2 aliphatic rings. The van der Waals surface area contributed by atoms with Crippen molar-refractivity contribution in [3.05, 3.63) is 53.2 Å². The zero-order valence-corrected chi connectivity index (χ0v) is 16.1. The molecule has 1 saturated heterocycles. The molecule has 1 aromatic carbocycles. The van der Waals surface area contributed by atoms with E-state index < -0.39 is 6.04 Å². The Bertz CT molecular complexity index is 848. The number of benzene rings is 1. The fourth-order valence-corrected chi connectivity index (χ4v) is 4.21. The number of fused-ring (bicyclic) bond motifs is 1. The minimum Gasteiger partial charge on any atom is -0.353 e. The lowest BCUT2D eigenvalue weighted by molar-refractivity contribution is -0.132. The van der Waals surface area contributed by atoms with Gasteiger partial charge in [-0.05, 0) is 42.9 Å². The van der Waals surface area contributed by atoms with Crippen LogP contribution in [0.2, 0.25) is 0 Å². The highest BCUT2D eigenvalue weighted by Crippen LogP contribution is 2.37. The zero-order chi connectivity index (χ0) is 19.7. The highest BCUT2D eigenvalue weighted by atomic mass is 19.1. The largest absolute Gasteiger partial charge is 0.353 e. The number of rotatable bonds is 4. The Morgan fingerprint density at radius 2 is 1.93 bits per heavy atom. The van der Waals surface area contributed by atoms with Crippen molar-refractivity contribution in [3.8, 4) is 0 Å². The Kier molecular flexibility index (Phi) is 5.26. The lowest BCUT2D eigenvalue weighted by Gasteiger charge is -2.37. The monoisotopic (exact) mass is 383 g/mol. The van der Waals surface area contributed by atoms with Crippen molar-refractivity contribution in [2.24, 2.45) is 5.73 Å². The summed E-state index contributed by atoms with van der Waals surface area (Å²) in [5.41, 5.74) is 9.44. The van der Waals surface area contributed by atoms with E-state index in [2.05, 4.69) is 21.8 Å². The van der Waals surface area contributed by atoms with Gasteiger partial charge in [-0.2, -0.15) is 0 Å². The molecule has 2 N–H and O–H groups in total. The smallest absolute Gasteiger partial charge is 0.239 e. The van der Waals surface area contributed by atoms with Crippen LogP contribution >= 0.6 is 0 Å². The number of carbonyl (C=O) groups excluding carboxylic acids is 1. The van der Waals surface area contributed by atoms with Crippen LogP contribution in [0.25, 0.3) is 0 Å². The predicted octanol–water partition coefficient (Wildman–Crippen LogP) is 1.88. The molecule has 1 unspecified atom stereocenters. The van der Waals surface area contributed by atoms with Crippen LogP contribution in [0.5, 0.6) is 0 Å². The van der Waals surface area contributed by atoms with E-state index in [-0.39, 0.29) is 11.7 Å². The van der Waals surface area contributed by atoms with E-state index in [1.807, 2.05) is 4.90 Å². The van der Waals surface area contributed by atoms with Crippen LogP contribution in [0, 0.1) is 5.82 Å². The topological polar surface area (TPSA) is 75.4 Å². The van der Waals surface area contributed by atoms with Gasteiger partial charge in [0.05, 0.1) is 6.04 Å². The summed E-state index contributed by atoms with van der Waals surface area (Å²) in [6.45, 7) is 4.97. The molecule has 2 atom stereocenters. The highest BCUT2D eigenvalue weighted by molar-refractivity contribution is 5.82. The number of amides is 1. The first-order chi connectivity index (χ1) is 13.5. The van der Waals surface area contributed by atoms with Gasteiger partial charge < -0.3 is 15.5 Å². The van der Waals surface area contributed by atoms with Crippen molar-refractivity contribution in [2.75, 3.05) is 31.1 Å². The maximum absolute atomic E-state index is 13.0. The van der Waals surface area contributed by atoms with Gasteiger partial charge >= 0.3 is 0 Å². The molecule has 6 nitrogen and oxygen atoms in total. The van der Waals surface area contributed by atoms with Gasteiger partial charge in [0.2, 0.25) is 5.91 Å². The molecular weight excluding hydrogens is 357 g/mol. The van der Waals surface area contributed by atoms with E-state index >= 15 is 0 Å². The van der Waals surface area contributed by atoms with Gasteiger partial charge in [0.15, 0.2) is 0 Å². The average molecular weight is 383 g/mol. The zero-order valence-electron chi connectivity index (χ0n) is 16.1. The van der Waals surface area contributed by atoms with E-state index in [4.69, 9.17) is 5.73 Å². The lowest BCUT2D eigenvalue weighted by Crippen LogP contribution is -2.54. The van der Waals surface area contributed by atoms with Gasteiger partial charge in [0.1, 0.15) is 18.0 Å². The molecule has 0 bridgehead atoms. The molecule has 7 heteroatoms. The van der Waals surface area contributed by atoms with Crippen molar-refractivity contribution in [2.45, 2.75) is 38.1 Å². The van der Waals surface area contributed by atoms with E-state index in [0.717, 1.165) is 43.0 Å². The van der Waals surface area contributed by atoms with Gasteiger partial charge in [0, 0.05) is 37.4 Å². The van der Waals surface area contributed by atoms with Crippen molar-refractivity contribution in [3.63, 3.8) is 0 Å². The van der Waals surface area contributed by atoms with Crippen LogP contribution in [0.4, 0.5) is 10.2 Å². The maximum atomic E-state index is 13.0. The third kappa shape index (κ3) is 3.71. The lowest BCUT2D eigenvalue weighted by atomic mass is 10.0. The van der Waals surface area contributed by atoms with Crippen molar-refractivity contribution in [1.82, 2.24) is 14.9 Å². The third-order valence-electron chi connectivity index (χ3n) is 5.83. The molecular formula is C21H26FN5O. The molecule has 1 amide bonds. The number of nitrogens with zero attached hydrogens (tertiary/aromatic N) is 4. The van der Waals surface area contributed by atoms with Crippen LogP contribution in [0.15, 0.2) is 30.6 Å². The molecule has 0 spiro atoms. The summed E-state index contributed by atoms with van der Waals surface area (Å²) >= 11 is 0. The molecule has 1 aromatic heterocycles. The first-order valence-corrected chi connectivity index (χ1v) is 9.90. The second-order valence-electron chi connectivity index (χ2n) is 7.75. The van der Waals surface area contributed by atoms with E-state index in [1.54, 1.807) is 18.5 Å². The number of hydrogen-bond acceptors (Lipinski definition) is 5. The van der Waals surface area contributed by atoms with Crippen LogP contribution < -0.4 is 10.6 Å². The normalized spacial score (nSPS) is 20.2. The van der Waals surface area contributed by atoms with E-state index in [9.17, 15) is 9.18 Å². The summed E-state index contributed by atoms with van der Waals surface area (Å²) < 4.78 is 13.0. The summed E-state index contributed by atoms with van der Waals surface area (Å²) in [6.07, 6.45) is 4.21. The summed E-state index contributed by atoms with van der Waals surface area (Å²) in [4.78, 5) is 25.8. The summed E-state index contributed by atoms with van der Waals surface area (Å²) in [5.74, 6) is 1.17. The number of nitrogens with two attached hydrogens (primary N) is 1. The second kappa shape index (κ2) is 7.83. The number of carbonyl (C=O) groups is 1. The predicted molar refractivity (Wildman–Crippen MR) is 106 cm³/mol. The van der Waals surface area contributed by atoms with Crippen LogP contribution in [0.1, 0.15) is 36.1 Å². The Morgan fingerprint density at radius 3 is 2.64 bits per heavy atom. The molecule has 148 valence electrons. The van der Waals surface area contributed by atoms with Crippen molar-refractivity contribution >= 4 is 11.7 Å². The number of piperazine rings is 1. The van der Waals surface area contributed by atoms with Crippen LogP contribution in [-0.4, -0.2) is 53.0 Å². The molecule has 1 aliphatic carbocycles. The Morgan fingerprint density at radius 1 is 1.21 bits per heavy atom. The van der Waals surface area contributed by atoms with Crippen LogP contribution in [-0.2, 0) is 17.6 Å². The first-order valence-electron chi connectivity index (χ1n) is 9.90. The number of aromatic nitrogens is 2. The maximum Gasteiger partial charge on any atom is 0.239 e. The van der Waals surface area contributed by atoms with Gasteiger partial charge in [0.25, 0.3) is 0 Å². The molecule has 2 aromatic rings. The minimum absolute atomic E-state index is 0.0507. The van der Waals surface area contributed by atoms with Gasteiger partial charge in [-0.15, -0.1) is 0 Å². The summed E-state index contributed by atoms with van der Waals surface area (Å²) in [7, 11) is 0. The Balaban J connectivity index is 1.37. The molecule has 0 saturated carbocycles. The van der Waals surface area contributed by atoms with Crippen molar-refractivity contribution < 1.29 is 9.18 Å². The molecule has 1 aliphatic heterocycles. The Labute approximate surface area is 164 Å². The highest BCUT2D eigenvalue weighted by Gasteiger charge is 2.30. The standard InChI is InChI=1S/C21H26FN5O/c1-14-2-7-18-19(14)20(25-13-24-18)26-8-10-27(11-9-26)21(28)17(23)12-15-3-5-16(22)6-4-15/h3-6,13-14,17H,2,7-12,23H2,1H3/t14-,17?/m1/s1. The number of hydrogen-bond donors (Lipinski definition) is 1. The van der Waals surface area contributed by atoms with Crippen LogP contribution in [0.3, 0.4) is 0 Å². The quantitative estimate of drug-likeness (QED) is 0.873. The van der Waals surface area contributed by atoms with E-state index in [0.29, 0.717) is 25.4 Å². The molecule has 4 rings (SSSR count). The van der Waals surface area contributed by atoms with Gasteiger partial charge in [-0.1, -0.05) is 19.1 Å². The third-order valence-corrected chi connectivity index (χ3v) is 5.83. The fraction of sp³-hybridized carbons (Fsp3) is 0.476. The van der Waals surface area contributed by atoms with Crippen molar-refractivity contribution in [1.29, 1.82) is 0 Å². The average Bonchev–Trinajstić information content (AvgIpc) is 3.10. The first kappa shape index (κ1) is 18.8. The summed E-state index contributed by atoms with van der Waals surface area (Å²) in [5, 5.41) is 0. The van der Waals surface area contributed by atoms with E-state index in [1.165, 1.54) is 17.7 Å². The minimum atomic E-state index is -0.611. The van der Waals surface area contributed by atoms with Gasteiger partial charge in [-0.3, -0.25) is 4.79 Å². The van der Waals surface area contributed by atoms with Gasteiger partial charge in [-0.25, -0.2) is 14.4 Å². The molecule has 0 radical (unpaired) electrons.